The van der Waals surface area contributed by atoms with E-state index in [1.807, 2.05) is 45.6 Å². The van der Waals surface area contributed by atoms with Crippen molar-refractivity contribution >= 4 is 6.09 Å². The Labute approximate surface area is 127 Å². The number of hydrogen-bond acceptors (Lipinski definition) is 4. The van der Waals surface area contributed by atoms with E-state index in [-0.39, 0.29) is 12.1 Å². The largest absolute Gasteiger partial charge is 0.444 e. The highest BCUT2D eigenvalue weighted by molar-refractivity contribution is 5.67. The first-order chi connectivity index (χ1) is 9.73. The van der Waals surface area contributed by atoms with E-state index in [4.69, 9.17) is 4.74 Å². The molecule has 2 N–H and O–H groups in total. The Morgan fingerprint density at radius 3 is 2.62 bits per heavy atom. The summed E-state index contributed by atoms with van der Waals surface area (Å²) in [7, 11) is 1.93. The van der Waals surface area contributed by atoms with E-state index in [1.165, 1.54) is 5.56 Å². The van der Waals surface area contributed by atoms with Gasteiger partial charge in [0.25, 0.3) is 0 Å². The van der Waals surface area contributed by atoms with Crippen molar-refractivity contribution in [2.45, 2.75) is 59.2 Å². The van der Waals surface area contributed by atoms with Gasteiger partial charge in [-0.15, -0.1) is 0 Å². The van der Waals surface area contributed by atoms with Crippen molar-refractivity contribution in [1.82, 2.24) is 20.4 Å². The van der Waals surface area contributed by atoms with Crippen molar-refractivity contribution in [3.63, 3.8) is 0 Å². The number of nitrogens with zero attached hydrogens (tertiary/aromatic N) is 2. The fourth-order valence-corrected chi connectivity index (χ4v) is 1.85. The lowest BCUT2D eigenvalue weighted by Gasteiger charge is -2.22. The molecule has 0 bridgehead atoms. The maximum Gasteiger partial charge on any atom is 0.407 e. The molecule has 1 rings (SSSR count). The van der Waals surface area contributed by atoms with Crippen LogP contribution < -0.4 is 10.6 Å². The van der Waals surface area contributed by atoms with Gasteiger partial charge in [-0.25, -0.2) is 4.79 Å². The molecule has 0 aliphatic carbocycles. The van der Waals surface area contributed by atoms with Gasteiger partial charge in [0.2, 0.25) is 0 Å². The molecule has 0 spiro atoms. The van der Waals surface area contributed by atoms with Crippen LogP contribution in [0.4, 0.5) is 4.79 Å². The molecule has 21 heavy (non-hydrogen) atoms. The molecule has 1 atom stereocenters. The molecule has 6 heteroatoms. The molecule has 0 saturated carbocycles. The Hall–Kier alpha value is -1.56. The number of aromatic nitrogens is 2. The van der Waals surface area contributed by atoms with E-state index >= 15 is 0 Å². The Morgan fingerprint density at radius 1 is 1.48 bits per heavy atom. The van der Waals surface area contributed by atoms with Gasteiger partial charge < -0.3 is 15.4 Å². The molecule has 0 radical (unpaired) electrons. The number of hydrogen-bond donors (Lipinski definition) is 2. The Balaban J connectivity index is 2.38. The average Bonchev–Trinajstić information content (AvgIpc) is 2.68. The first kappa shape index (κ1) is 17.5. The number of ether oxygens (including phenoxy) is 1. The van der Waals surface area contributed by atoms with Crippen LogP contribution in [0.25, 0.3) is 0 Å². The second-order valence-electron chi connectivity index (χ2n) is 6.25. The lowest BCUT2D eigenvalue weighted by molar-refractivity contribution is 0.0522. The van der Waals surface area contributed by atoms with Crippen LogP contribution in [0.1, 0.15) is 45.4 Å². The van der Waals surface area contributed by atoms with E-state index in [0.29, 0.717) is 6.54 Å². The summed E-state index contributed by atoms with van der Waals surface area (Å²) in [5, 5.41) is 10.5. The van der Waals surface area contributed by atoms with Gasteiger partial charge in [-0.3, -0.25) is 4.68 Å². The summed E-state index contributed by atoms with van der Waals surface area (Å²) in [5.74, 6) is 0. The van der Waals surface area contributed by atoms with Crippen molar-refractivity contribution in [1.29, 1.82) is 0 Å². The van der Waals surface area contributed by atoms with Gasteiger partial charge in [0.1, 0.15) is 5.60 Å². The number of nitrogens with one attached hydrogen (secondary N) is 2. The van der Waals surface area contributed by atoms with Crippen LogP contribution in [0, 0.1) is 6.92 Å². The molecule has 1 aromatic rings. The average molecular weight is 296 g/mol. The van der Waals surface area contributed by atoms with Gasteiger partial charge in [0.05, 0.1) is 6.20 Å². The molecule has 1 aromatic heterocycles. The smallest absolute Gasteiger partial charge is 0.407 e. The summed E-state index contributed by atoms with van der Waals surface area (Å²) in [6.07, 6.45) is 2.42. The van der Waals surface area contributed by atoms with E-state index in [0.717, 1.165) is 18.7 Å². The summed E-state index contributed by atoms with van der Waals surface area (Å²) in [6.45, 7) is 11.0. The van der Waals surface area contributed by atoms with Crippen LogP contribution in [0.15, 0.2) is 6.20 Å². The SMILES string of the molecule is CCC(CNC(=O)OC(C)(C)C)NCc1cnn(C)c1C. The number of carbonyl (C=O) groups is 1. The van der Waals surface area contributed by atoms with Gasteiger partial charge in [-0.1, -0.05) is 6.92 Å². The molecule has 0 aliphatic rings. The fourth-order valence-electron chi connectivity index (χ4n) is 1.85. The van der Waals surface area contributed by atoms with Crippen molar-refractivity contribution in [2.24, 2.45) is 7.05 Å². The zero-order valence-corrected chi connectivity index (χ0v) is 14.0. The second kappa shape index (κ2) is 7.45. The third-order valence-corrected chi connectivity index (χ3v) is 3.30. The highest BCUT2D eigenvalue weighted by Crippen LogP contribution is 2.07. The molecule has 0 saturated heterocycles. The summed E-state index contributed by atoms with van der Waals surface area (Å²) >= 11 is 0. The standard InChI is InChI=1S/C15H28N4O2/c1-7-13(10-17-14(20)21-15(3,4)5)16-8-12-9-18-19(6)11(12)2/h9,13,16H,7-8,10H2,1-6H3,(H,17,20). The Morgan fingerprint density at radius 2 is 2.14 bits per heavy atom. The summed E-state index contributed by atoms with van der Waals surface area (Å²) in [4.78, 5) is 11.6. The molecule has 120 valence electrons. The molecule has 1 amide bonds. The van der Waals surface area contributed by atoms with Crippen LogP contribution in [0.2, 0.25) is 0 Å². The highest BCUT2D eigenvalue weighted by Gasteiger charge is 2.17. The van der Waals surface area contributed by atoms with E-state index in [2.05, 4.69) is 22.7 Å². The van der Waals surface area contributed by atoms with Gasteiger partial charge in [-0.2, -0.15) is 5.10 Å². The van der Waals surface area contributed by atoms with Crippen molar-refractivity contribution in [2.75, 3.05) is 6.54 Å². The molecular formula is C15H28N4O2. The normalized spacial score (nSPS) is 13.0. The van der Waals surface area contributed by atoms with Crippen LogP contribution >= 0.6 is 0 Å². The minimum absolute atomic E-state index is 0.206. The summed E-state index contributed by atoms with van der Waals surface area (Å²) in [5.41, 5.74) is 1.86. The first-order valence-electron chi connectivity index (χ1n) is 7.40. The number of rotatable bonds is 6. The number of amides is 1. The molecule has 0 aliphatic heterocycles. The molecule has 0 fully saturated rings. The van der Waals surface area contributed by atoms with E-state index < -0.39 is 5.60 Å². The first-order valence-corrected chi connectivity index (χ1v) is 7.40. The predicted molar refractivity (Wildman–Crippen MR) is 83.1 cm³/mol. The molecule has 6 nitrogen and oxygen atoms in total. The zero-order valence-electron chi connectivity index (χ0n) is 14.0. The molecular weight excluding hydrogens is 268 g/mol. The van der Waals surface area contributed by atoms with Gasteiger partial charge in [0, 0.05) is 37.4 Å². The molecule has 1 heterocycles. The monoisotopic (exact) mass is 296 g/mol. The van der Waals surface area contributed by atoms with Crippen LogP contribution in [0.5, 0.6) is 0 Å². The van der Waals surface area contributed by atoms with Crippen molar-refractivity contribution < 1.29 is 9.53 Å². The van der Waals surface area contributed by atoms with Crippen LogP contribution in [0.3, 0.4) is 0 Å². The minimum atomic E-state index is -0.466. The highest BCUT2D eigenvalue weighted by atomic mass is 16.6. The van der Waals surface area contributed by atoms with E-state index in [1.54, 1.807) is 0 Å². The Kier molecular flexibility index (Phi) is 6.20. The second-order valence-corrected chi connectivity index (χ2v) is 6.25. The number of carbonyl (C=O) groups excluding carboxylic acids is 1. The maximum absolute atomic E-state index is 11.6. The molecule has 1 unspecified atom stereocenters. The lowest BCUT2D eigenvalue weighted by atomic mass is 10.2. The summed E-state index contributed by atoms with van der Waals surface area (Å²) in [6, 6.07) is 0.206. The van der Waals surface area contributed by atoms with Crippen LogP contribution in [-0.4, -0.2) is 34.1 Å². The zero-order chi connectivity index (χ0) is 16.0. The molecule has 0 aromatic carbocycles. The van der Waals surface area contributed by atoms with E-state index in [9.17, 15) is 4.79 Å². The van der Waals surface area contributed by atoms with Crippen molar-refractivity contribution in [3.8, 4) is 0 Å². The van der Waals surface area contributed by atoms with Gasteiger partial charge >= 0.3 is 6.09 Å². The lowest BCUT2D eigenvalue weighted by Crippen LogP contribution is -2.42. The number of aryl methyl sites for hydroxylation is 1. The quantitative estimate of drug-likeness (QED) is 0.844. The van der Waals surface area contributed by atoms with Gasteiger partial charge in [-0.05, 0) is 34.1 Å². The maximum atomic E-state index is 11.6. The topological polar surface area (TPSA) is 68.2 Å². The summed E-state index contributed by atoms with van der Waals surface area (Å²) < 4.78 is 7.08. The fraction of sp³-hybridized carbons (Fsp3) is 0.733. The van der Waals surface area contributed by atoms with Gasteiger partial charge in [0.15, 0.2) is 0 Å². The predicted octanol–water partition coefficient (Wildman–Crippen LogP) is 2.12. The van der Waals surface area contributed by atoms with Crippen LogP contribution in [-0.2, 0) is 18.3 Å². The number of alkyl carbamates (subject to hydrolysis) is 1. The third kappa shape index (κ3) is 6.16. The minimum Gasteiger partial charge on any atom is -0.444 e. The van der Waals surface area contributed by atoms with Crippen molar-refractivity contribution in [3.05, 3.63) is 17.5 Å². The Bertz CT molecular complexity index is 463. The third-order valence-electron chi connectivity index (χ3n) is 3.30.